The number of aryl methyl sites for hydroxylation is 1. The number of nitrogens with one attached hydrogen (secondary N) is 2. The lowest BCUT2D eigenvalue weighted by molar-refractivity contribution is -0.138. The van der Waals surface area contributed by atoms with Crippen LogP contribution in [0.4, 0.5) is 5.69 Å². The van der Waals surface area contributed by atoms with Gasteiger partial charge in [-0.1, -0.05) is 23.8 Å². The van der Waals surface area contributed by atoms with Gasteiger partial charge in [0.1, 0.15) is 11.8 Å². The van der Waals surface area contributed by atoms with Crippen molar-refractivity contribution < 1.29 is 24.2 Å². The van der Waals surface area contributed by atoms with E-state index in [1.165, 1.54) is 0 Å². The van der Waals surface area contributed by atoms with Crippen molar-refractivity contribution in [1.82, 2.24) is 10.2 Å². The molecule has 8 nitrogen and oxygen atoms in total. The summed E-state index contributed by atoms with van der Waals surface area (Å²) < 4.78 is 6.22. The number of hydrogen-bond donors (Lipinski definition) is 3. The normalized spacial score (nSPS) is 19.7. The monoisotopic (exact) mass is 451 g/mol. The second-order valence-electron chi connectivity index (χ2n) is 8.76. The number of nitrogens with zero attached hydrogens (tertiary/aromatic N) is 1. The maximum absolute atomic E-state index is 12.3. The Balaban J connectivity index is 1.54. The van der Waals surface area contributed by atoms with Crippen LogP contribution in [0.1, 0.15) is 42.7 Å². The van der Waals surface area contributed by atoms with Gasteiger partial charge >= 0.3 is 5.97 Å². The Kier molecular flexibility index (Phi) is 6.93. The van der Waals surface area contributed by atoms with E-state index >= 15 is 0 Å². The SMILES string of the molecule is Cc1ccc(Oc2cc(C3CCN(CC(=O)O)CC3)ccc2NC2CCC(=O)NC2=O)cc1. The summed E-state index contributed by atoms with van der Waals surface area (Å²) in [5.74, 6) is 0.238. The Hall–Kier alpha value is -3.39. The zero-order valence-corrected chi connectivity index (χ0v) is 18.7. The number of carboxylic acids is 1. The number of hydrogen-bond acceptors (Lipinski definition) is 6. The number of amides is 2. The van der Waals surface area contributed by atoms with Crippen molar-refractivity contribution in [3.63, 3.8) is 0 Å². The van der Waals surface area contributed by atoms with Crippen LogP contribution >= 0.6 is 0 Å². The van der Waals surface area contributed by atoms with Crippen LogP contribution in [0, 0.1) is 6.92 Å². The number of carbonyl (C=O) groups excluding carboxylic acids is 2. The molecule has 2 aliphatic heterocycles. The van der Waals surface area contributed by atoms with Gasteiger partial charge in [0.15, 0.2) is 5.75 Å². The number of carboxylic acid groups (broad SMARTS) is 1. The number of likely N-dealkylation sites (tertiary alicyclic amines) is 1. The highest BCUT2D eigenvalue weighted by Gasteiger charge is 2.28. The molecule has 0 bridgehead atoms. The van der Waals surface area contributed by atoms with Gasteiger partial charge in [-0.05, 0) is 75.0 Å². The molecule has 0 radical (unpaired) electrons. The number of rotatable bonds is 7. The average molecular weight is 452 g/mol. The molecule has 2 saturated heterocycles. The van der Waals surface area contributed by atoms with Crippen molar-refractivity contribution in [2.45, 2.75) is 44.6 Å². The molecule has 3 N–H and O–H groups in total. The number of ether oxygens (including phenoxy) is 1. The maximum atomic E-state index is 12.3. The van der Waals surface area contributed by atoms with Gasteiger partial charge in [-0.2, -0.15) is 0 Å². The summed E-state index contributed by atoms with van der Waals surface area (Å²) in [6, 6.07) is 13.2. The third-order valence-electron chi connectivity index (χ3n) is 6.24. The number of anilines is 1. The number of carbonyl (C=O) groups is 3. The predicted octanol–water partition coefficient (Wildman–Crippen LogP) is 3.27. The molecule has 2 fully saturated rings. The summed E-state index contributed by atoms with van der Waals surface area (Å²) in [5, 5.41) is 14.7. The van der Waals surface area contributed by atoms with E-state index < -0.39 is 12.0 Å². The summed E-state index contributed by atoms with van der Waals surface area (Å²) in [6.45, 7) is 3.56. The van der Waals surface area contributed by atoms with Crippen LogP contribution in [0.5, 0.6) is 11.5 Å². The molecule has 4 rings (SSSR count). The number of aliphatic carboxylic acids is 1. The van der Waals surface area contributed by atoms with Gasteiger partial charge in [-0.15, -0.1) is 0 Å². The van der Waals surface area contributed by atoms with Crippen molar-refractivity contribution in [2.24, 2.45) is 0 Å². The minimum Gasteiger partial charge on any atom is -0.480 e. The van der Waals surface area contributed by atoms with Crippen molar-refractivity contribution in [1.29, 1.82) is 0 Å². The fourth-order valence-corrected chi connectivity index (χ4v) is 4.36. The summed E-state index contributed by atoms with van der Waals surface area (Å²) in [7, 11) is 0. The smallest absolute Gasteiger partial charge is 0.317 e. The summed E-state index contributed by atoms with van der Waals surface area (Å²) >= 11 is 0. The van der Waals surface area contributed by atoms with E-state index in [1.54, 1.807) is 0 Å². The van der Waals surface area contributed by atoms with Crippen LogP contribution in [-0.2, 0) is 14.4 Å². The quantitative estimate of drug-likeness (QED) is 0.555. The van der Waals surface area contributed by atoms with Gasteiger partial charge in [0.05, 0.1) is 12.2 Å². The van der Waals surface area contributed by atoms with E-state index in [-0.39, 0.29) is 18.4 Å². The first-order valence-corrected chi connectivity index (χ1v) is 11.3. The standard InChI is InChI=1S/C25H29N3O5/c1-16-2-5-19(6-3-16)33-22-14-18(17-10-12-28(13-11-17)15-24(30)31)4-7-20(22)26-21-8-9-23(29)27-25(21)32/h2-7,14,17,21,26H,8-13,15H2,1H3,(H,30,31)(H,27,29,32). The molecule has 2 amide bonds. The molecule has 1 atom stereocenters. The lowest BCUT2D eigenvalue weighted by Gasteiger charge is -2.31. The lowest BCUT2D eigenvalue weighted by Crippen LogP contribution is -2.47. The molecule has 174 valence electrons. The van der Waals surface area contributed by atoms with Gasteiger partial charge in [-0.3, -0.25) is 24.6 Å². The highest BCUT2D eigenvalue weighted by molar-refractivity contribution is 6.01. The molecule has 2 aliphatic rings. The molecule has 0 spiro atoms. The second kappa shape index (κ2) is 10.0. The lowest BCUT2D eigenvalue weighted by atomic mass is 9.89. The van der Waals surface area contributed by atoms with Gasteiger partial charge in [0, 0.05) is 6.42 Å². The highest BCUT2D eigenvalue weighted by Crippen LogP contribution is 2.37. The Morgan fingerprint density at radius 2 is 1.85 bits per heavy atom. The van der Waals surface area contributed by atoms with Gasteiger partial charge in [0.2, 0.25) is 11.8 Å². The number of piperidine rings is 2. The first-order valence-electron chi connectivity index (χ1n) is 11.3. The van der Waals surface area contributed by atoms with Crippen LogP contribution in [-0.4, -0.2) is 53.5 Å². The molecule has 0 aromatic heterocycles. The fourth-order valence-electron chi connectivity index (χ4n) is 4.36. The molecule has 1 unspecified atom stereocenters. The van der Waals surface area contributed by atoms with Gasteiger partial charge in [-0.25, -0.2) is 0 Å². The average Bonchev–Trinajstić information content (AvgIpc) is 2.78. The van der Waals surface area contributed by atoms with Crippen molar-refractivity contribution in [3.05, 3.63) is 53.6 Å². The van der Waals surface area contributed by atoms with E-state index in [4.69, 9.17) is 9.84 Å². The molecule has 2 heterocycles. The van der Waals surface area contributed by atoms with Crippen molar-refractivity contribution in [2.75, 3.05) is 25.0 Å². The summed E-state index contributed by atoms with van der Waals surface area (Å²) in [6.07, 6.45) is 2.47. The first-order chi connectivity index (χ1) is 15.9. The fraction of sp³-hybridized carbons (Fsp3) is 0.400. The van der Waals surface area contributed by atoms with Crippen LogP contribution < -0.4 is 15.4 Å². The second-order valence-corrected chi connectivity index (χ2v) is 8.76. The first kappa shape index (κ1) is 22.8. The molecule has 33 heavy (non-hydrogen) atoms. The molecular weight excluding hydrogens is 422 g/mol. The molecule has 0 saturated carbocycles. The van der Waals surface area contributed by atoms with Crippen LogP contribution in [0.2, 0.25) is 0 Å². The Labute approximate surface area is 192 Å². The van der Waals surface area contributed by atoms with Gasteiger partial charge < -0.3 is 15.2 Å². The van der Waals surface area contributed by atoms with E-state index in [1.807, 2.05) is 54.3 Å². The minimum absolute atomic E-state index is 0.0727. The van der Waals surface area contributed by atoms with Crippen LogP contribution in [0.15, 0.2) is 42.5 Å². The largest absolute Gasteiger partial charge is 0.480 e. The Bertz CT molecular complexity index is 1030. The zero-order chi connectivity index (χ0) is 23.4. The third kappa shape index (κ3) is 5.90. The van der Waals surface area contributed by atoms with E-state index in [9.17, 15) is 14.4 Å². The number of benzene rings is 2. The minimum atomic E-state index is -0.800. The molecule has 2 aromatic rings. The predicted molar refractivity (Wildman–Crippen MR) is 124 cm³/mol. The van der Waals surface area contributed by atoms with Crippen molar-refractivity contribution in [3.8, 4) is 11.5 Å². The molecule has 8 heteroatoms. The van der Waals surface area contributed by atoms with Crippen molar-refractivity contribution >= 4 is 23.5 Å². The van der Waals surface area contributed by atoms with E-state index in [2.05, 4.69) is 10.6 Å². The number of imide groups is 1. The maximum Gasteiger partial charge on any atom is 0.317 e. The van der Waals surface area contributed by atoms with E-state index in [0.717, 1.165) is 37.1 Å². The Morgan fingerprint density at radius 3 is 2.52 bits per heavy atom. The third-order valence-corrected chi connectivity index (χ3v) is 6.24. The molecular formula is C25H29N3O5. The summed E-state index contributed by atoms with van der Waals surface area (Å²) in [5.41, 5.74) is 2.95. The van der Waals surface area contributed by atoms with Crippen LogP contribution in [0.3, 0.4) is 0 Å². The highest BCUT2D eigenvalue weighted by atomic mass is 16.5. The van der Waals surface area contributed by atoms with Gasteiger partial charge in [0.25, 0.3) is 0 Å². The van der Waals surface area contributed by atoms with Crippen LogP contribution in [0.25, 0.3) is 0 Å². The topological polar surface area (TPSA) is 108 Å². The molecule has 2 aromatic carbocycles. The Morgan fingerprint density at radius 1 is 1.12 bits per heavy atom. The molecule has 0 aliphatic carbocycles. The zero-order valence-electron chi connectivity index (χ0n) is 18.7. The summed E-state index contributed by atoms with van der Waals surface area (Å²) in [4.78, 5) is 36.7. The van der Waals surface area contributed by atoms with E-state index in [0.29, 0.717) is 35.9 Å².